The molecular formula is C40H78O2. The zero-order valence-electron chi connectivity index (χ0n) is 29.4. The van der Waals surface area contributed by atoms with E-state index < -0.39 is 0 Å². The fourth-order valence-electron chi connectivity index (χ4n) is 6.15. The maximum atomic E-state index is 11.5. The van der Waals surface area contributed by atoms with E-state index in [9.17, 15) is 4.79 Å². The van der Waals surface area contributed by atoms with Gasteiger partial charge in [0.25, 0.3) is 0 Å². The van der Waals surface area contributed by atoms with E-state index in [2.05, 4.69) is 13.5 Å². The molecule has 2 heteroatoms. The molecule has 0 aliphatic rings. The first-order chi connectivity index (χ1) is 20.6. The van der Waals surface area contributed by atoms with Crippen LogP contribution in [-0.2, 0) is 9.53 Å². The lowest BCUT2D eigenvalue weighted by Gasteiger charge is -2.12. The van der Waals surface area contributed by atoms with Crippen molar-refractivity contribution in [1.29, 1.82) is 0 Å². The monoisotopic (exact) mass is 591 g/mol. The Labute approximate surface area is 266 Å². The molecule has 0 bridgehead atoms. The summed E-state index contributed by atoms with van der Waals surface area (Å²) in [6, 6.07) is 0. The number of rotatable bonds is 35. The summed E-state index contributed by atoms with van der Waals surface area (Å²) < 4.78 is 5.34. The molecule has 0 amide bonds. The van der Waals surface area contributed by atoms with Crippen LogP contribution < -0.4 is 0 Å². The first kappa shape index (κ1) is 41.2. The van der Waals surface area contributed by atoms with E-state index in [-0.39, 0.29) is 12.1 Å². The van der Waals surface area contributed by atoms with Crippen LogP contribution in [0.15, 0.2) is 12.2 Å². The Morgan fingerprint density at radius 3 is 0.881 bits per heavy atom. The van der Waals surface area contributed by atoms with Crippen LogP contribution in [0, 0.1) is 0 Å². The van der Waals surface area contributed by atoms with E-state index in [1.807, 2.05) is 6.92 Å². The second-order valence-electron chi connectivity index (χ2n) is 13.7. The van der Waals surface area contributed by atoms with E-state index in [4.69, 9.17) is 4.74 Å². The molecule has 0 aromatic heterocycles. The van der Waals surface area contributed by atoms with Crippen LogP contribution >= 0.6 is 0 Å². The summed E-state index contributed by atoms with van der Waals surface area (Å²) in [6.07, 6.45) is 46.9. The number of unbranched alkanes of at least 4 members (excludes halogenated alkanes) is 31. The summed E-state index contributed by atoms with van der Waals surface area (Å²) in [5, 5.41) is 0. The minimum Gasteiger partial charge on any atom is -0.459 e. The van der Waals surface area contributed by atoms with Crippen molar-refractivity contribution in [2.75, 3.05) is 0 Å². The molecule has 2 nitrogen and oxygen atoms in total. The van der Waals surface area contributed by atoms with Crippen molar-refractivity contribution in [2.24, 2.45) is 0 Å². The van der Waals surface area contributed by atoms with E-state index in [1.165, 1.54) is 199 Å². The molecule has 0 saturated carbocycles. The van der Waals surface area contributed by atoms with Crippen LogP contribution in [0.1, 0.15) is 233 Å². The maximum Gasteiger partial charge on any atom is 0.333 e. The first-order valence-electron chi connectivity index (χ1n) is 19.4. The van der Waals surface area contributed by atoms with E-state index >= 15 is 0 Å². The van der Waals surface area contributed by atoms with Crippen molar-refractivity contribution in [3.63, 3.8) is 0 Å². The average molecular weight is 591 g/mol. The second-order valence-corrected chi connectivity index (χ2v) is 13.7. The molecule has 0 N–H and O–H groups in total. The van der Waals surface area contributed by atoms with Gasteiger partial charge in [-0.15, -0.1) is 0 Å². The minimum atomic E-state index is -0.251. The number of ether oxygens (including phenoxy) is 1. The average Bonchev–Trinajstić information content (AvgIpc) is 2.97. The number of carbonyl (C=O) groups excluding carboxylic acids is 1. The smallest absolute Gasteiger partial charge is 0.333 e. The van der Waals surface area contributed by atoms with Crippen molar-refractivity contribution in [1.82, 2.24) is 0 Å². The second kappa shape index (κ2) is 34.7. The maximum absolute atomic E-state index is 11.5. The van der Waals surface area contributed by atoms with Gasteiger partial charge in [0, 0.05) is 5.57 Å². The molecule has 0 heterocycles. The van der Waals surface area contributed by atoms with Gasteiger partial charge in [-0.1, -0.05) is 213 Å². The molecule has 0 fully saturated rings. The Morgan fingerprint density at radius 2 is 0.667 bits per heavy atom. The SMILES string of the molecule is C=C(C)C(=O)OC(C)CCCCCCCCCCCCCCCCCCCCCCCCCCCCCCCCCC. The molecule has 0 aromatic carbocycles. The van der Waals surface area contributed by atoms with Crippen molar-refractivity contribution < 1.29 is 9.53 Å². The predicted molar refractivity (Wildman–Crippen MR) is 188 cm³/mol. The Hall–Kier alpha value is -0.790. The molecular weight excluding hydrogens is 512 g/mol. The zero-order chi connectivity index (χ0) is 30.8. The van der Waals surface area contributed by atoms with Gasteiger partial charge in [-0.25, -0.2) is 4.79 Å². The van der Waals surface area contributed by atoms with Gasteiger partial charge < -0.3 is 4.74 Å². The lowest BCUT2D eigenvalue weighted by molar-refractivity contribution is -0.143. The van der Waals surface area contributed by atoms with Crippen molar-refractivity contribution >= 4 is 5.97 Å². The molecule has 0 radical (unpaired) electrons. The first-order valence-corrected chi connectivity index (χ1v) is 19.4. The molecule has 250 valence electrons. The predicted octanol–water partition coefficient (Wildman–Crippen LogP) is 14.4. The number of hydrogen-bond acceptors (Lipinski definition) is 2. The van der Waals surface area contributed by atoms with E-state index in [0.29, 0.717) is 5.57 Å². The van der Waals surface area contributed by atoms with Gasteiger partial charge in [0.1, 0.15) is 0 Å². The van der Waals surface area contributed by atoms with Gasteiger partial charge in [-0.2, -0.15) is 0 Å². The minimum absolute atomic E-state index is 0.0164. The molecule has 1 atom stereocenters. The van der Waals surface area contributed by atoms with Gasteiger partial charge in [0.15, 0.2) is 0 Å². The quantitative estimate of drug-likeness (QED) is 0.0417. The van der Waals surface area contributed by atoms with Crippen molar-refractivity contribution in [3.8, 4) is 0 Å². The Morgan fingerprint density at radius 1 is 0.452 bits per heavy atom. The highest BCUT2D eigenvalue weighted by molar-refractivity contribution is 5.87. The number of hydrogen-bond donors (Lipinski definition) is 0. The Bertz CT molecular complexity index is 554. The summed E-state index contributed by atoms with van der Waals surface area (Å²) in [4.78, 5) is 11.5. The molecule has 0 saturated heterocycles. The third-order valence-corrected chi connectivity index (χ3v) is 9.12. The van der Waals surface area contributed by atoms with Crippen LogP contribution in [-0.4, -0.2) is 12.1 Å². The van der Waals surface area contributed by atoms with Gasteiger partial charge in [-0.05, 0) is 26.7 Å². The fraction of sp³-hybridized carbons (Fsp3) is 0.925. The molecule has 0 aliphatic heterocycles. The summed E-state index contributed by atoms with van der Waals surface area (Å²) in [7, 11) is 0. The van der Waals surface area contributed by atoms with Crippen LogP contribution in [0.3, 0.4) is 0 Å². The molecule has 0 spiro atoms. The van der Waals surface area contributed by atoms with E-state index in [1.54, 1.807) is 6.92 Å². The molecule has 42 heavy (non-hydrogen) atoms. The lowest BCUT2D eigenvalue weighted by Crippen LogP contribution is -2.15. The van der Waals surface area contributed by atoms with Crippen LogP contribution in [0.5, 0.6) is 0 Å². The van der Waals surface area contributed by atoms with Gasteiger partial charge in [-0.3, -0.25) is 0 Å². The van der Waals surface area contributed by atoms with Gasteiger partial charge in [0.05, 0.1) is 6.10 Å². The molecule has 1 unspecified atom stereocenters. The highest BCUT2D eigenvalue weighted by Crippen LogP contribution is 2.17. The van der Waals surface area contributed by atoms with Gasteiger partial charge in [0.2, 0.25) is 0 Å². The van der Waals surface area contributed by atoms with Crippen molar-refractivity contribution in [2.45, 2.75) is 239 Å². The standard InChI is InChI=1S/C40H78O2/c1-5-6-7-8-9-10-11-12-13-14-15-16-17-18-19-20-21-22-23-24-25-26-27-28-29-30-31-32-33-34-35-36-37-39(4)42-40(41)38(2)3/h39H,2,5-37H2,1,3-4H3. The Balaban J connectivity index is 3.11. The molecule has 0 rings (SSSR count). The normalized spacial score (nSPS) is 12.1. The number of carbonyl (C=O) groups is 1. The highest BCUT2D eigenvalue weighted by atomic mass is 16.5. The van der Waals surface area contributed by atoms with Crippen LogP contribution in [0.4, 0.5) is 0 Å². The highest BCUT2D eigenvalue weighted by Gasteiger charge is 2.09. The molecule has 0 aromatic rings. The Kier molecular flexibility index (Phi) is 34.0. The third-order valence-electron chi connectivity index (χ3n) is 9.12. The summed E-state index contributed by atoms with van der Waals surface area (Å²) >= 11 is 0. The third kappa shape index (κ3) is 33.7. The van der Waals surface area contributed by atoms with E-state index in [0.717, 1.165) is 12.8 Å². The van der Waals surface area contributed by atoms with Crippen LogP contribution in [0.25, 0.3) is 0 Å². The molecule has 0 aliphatic carbocycles. The van der Waals surface area contributed by atoms with Crippen LogP contribution in [0.2, 0.25) is 0 Å². The largest absolute Gasteiger partial charge is 0.459 e. The topological polar surface area (TPSA) is 26.3 Å². The summed E-state index contributed by atoms with van der Waals surface area (Å²) in [5.41, 5.74) is 0.493. The zero-order valence-corrected chi connectivity index (χ0v) is 29.4. The summed E-state index contributed by atoms with van der Waals surface area (Å²) in [6.45, 7) is 9.64. The summed E-state index contributed by atoms with van der Waals surface area (Å²) in [5.74, 6) is -0.251. The van der Waals surface area contributed by atoms with Gasteiger partial charge >= 0.3 is 5.97 Å². The van der Waals surface area contributed by atoms with Crippen molar-refractivity contribution in [3.05, 3.63) is 12.2 Å². The lowest BCUT2D eigenvalue weighted by atomic mass is 10.0. The number of esters is 1. The fourth-order valence-corrected chi connectivity index (χ4v) is 6.15.